The first-order valence-electron chi connectivity index (χ1n) is 10.7. The number of pyridine rings is 1. The number of methoxy groups -OCH3 is 1. The summed E-state index contributed by atoms with van der Waals surface area (Å²) in [5.41, 5.74) is 8.28. The number of ether oxygens (including phenoxy) is 1. The number of amides is 1. The van der Waals surface area contributed by atoms with Crippen molar-refractivity contribution in [2.75, 3.05) is 18.7 Å². The summed E-state index contributed by atoms with van der Waals surface area (Å²) in [6.45, 7) is 1.91. The molecule has 0 saturated heterocycles. The Morgan fingerprint density at radius 2 is 2.00 bits per heavy atom. The molecule has 35 heavy (non-hydrogen) atoms. The fourth-order valence-electron chi connectivity index (χ4n) is 3.84. The maximum absolute atomic E-state index is 12.6. The first kappa shape index (κ1) is 24.1. The van der Waals surface area contributed by atoms with Gasteiger partial charge in [0.2, 0.25) is 11.9 Å². The Kier molecular flexibility index (Phi) is 6.40. The van der Waals surface area contributed by atoms with Crippen LogP contribution >= 0.6 is 0 Å². The lowest BCUT2D eigenvalue weighted by atomic mass is 9.74. The van der Waals surface area contributed by atoms with Gasteiger partial charge in [0.1, 0.15) is 5.75 Å². The number of rotatable bonds is 7. The van der Waals surface area contributed by atoms with E-state index >= 15 is 0 Å². The molecular weight excluding hydrogens is 466 g/mol. The van der Waals surface area contributed by atoms with Crippen LogP contribution in [0.1, 0.15) is 17.5 Å². The molecule has 10 heteroatoms. The molecule has 1 atom stereocenters. The Bertz CT molecular complexity index is 1470. The van der Waals surface area contributed by atoms with E-state index in [1.807, 2.05) is 31.2 Å². The Morgan fingerprint density at radius 1 is 1.20 bits per heavy atom. The number of aryl methyl sites for hydroxylation is 1. The molecule has 3 N–H and O–H groups in total. The van der Waals surface area contributed by atoms with Crippen LogP contribution in [0.4, 0.5) is 11.6 Å². The Labute approximate surface area is 203 Å². The Morgan fingerprint density at radius 3 is 2.66 bits per heavy atom. The number of hydrogen-bond acceptors (Lipinski definition) is 8. The van der Waals surface area contributed by atoms with E-state index in [1.165, 1.54) is 12.2 Å². The van der Waals surface area contributed by atoms with Gasteiger partial charge in [-0.3, -0.25) is 9.78 Å². The van der Waals surface area contributed by atoms with Gasteiger partial charge in [-0.05, 0) is 48.7 Å². The van der Waals surface area contributed by atoms with Crippen molar-refractivity contribution >= 4 is 27.4 Å². The summed E-state index contributed by atoms with van der Waals surface area (Å²) in [5, 5.41) is 3.22. The van der Waals surface area contributed by atoms with Crippen molar-refractivity contribution in [3.05, 3.63) is 83.2 Å². The van der Waals surface area contributed by atoms with Gasteiger partial charge >= 0.3 is 0 Å². The summed E-state index contributed by atoms with van der Waals surface area (Å²) >= 11 is 0. The third-order valence-electron chi connectivity index (χ3n) is 5.92. The molecule has 0 radical (unpaired) electrons. The Hall–Kier alpha value is -4.05. The van der Waals surface area contributed by atoms with Crippen molar-refractivity contribution < 1.29 is 17.9 Å². The zero-order chi connectivity index (χ0) is 25.2. The molecule has 0 bridgehead atoms. The molecule has 0 fully saturated rings. The van der Waals surface area contributed by atoms with Crippen LogP contribution in [0.2, 0.25) is 0 Å². The largest absolute Gasteiger partial charge is 0.495 e. The van der Waals surface area contributed by atoms with Crippen LogP contribution in [0.5, 0.6) is 5.75 Å². The minimum absolute atomic E-state index is 0.137. The lowest BCUT2D eigenvalue weighted by molar-refractivity contribution is -0.121. The van der Waals surface area contributed by atoms with Gasteiger partial charge < -0.3 is 15.8 Å². The van der Waals surface area contributed by atoms with Gasteiger partial charge in [0.05, 0.1) is 29.3 Å². The molecule has 1 amide bonds. The van der Waals surface area contributed by atoms with E-state index in [4.69, 9.17) is 10.5 Å². The highest BCUT2D eigenvalue weighted by atomic mass is 32.2. The van der Waals surface area contributed by atoms with Crippen molar-refractivity contribution in [1.29, 1.82) is 0 Å². The van der Waals surface area contributed by atoms with Gasteiger partial charge in [-0.15, -0.1) is 0 Å². The van der Waals surface area contributed by atoms with Gasteiger partial charge in [-0.25, -0.2) is 18.4 Å². The SMILES string of the molecule is COc1cncc(-c2ccnc(Nc3cc(C4(C(N)=O)C=CC(S(C)(=O)=O)=CC4)ccc3C)n2)c1. The third kappa shape index (κ3) is 4.92. The van der Waals surface area contributed by atoms with E-state index < -0.39 is 21.2 Å². The molecule has 180 valence electrons. The van der Waals surface area contributed by atoms with Crippen molar-refractivity contribution in [3.63, 3.8) is 0 Å². The fraction of sp³-hybridized carbons (Fsp3) is 0.200. The molecule has 1 aliphatic carbocycles. The van der Waals surface area contributed by atoms with Gasteiger partial charge in [-0.2, -0.15) is 0 Å². The predicted molar refractivity (Wildman–Crippen MR) is 134 cm³/mol. The normalized spacial score (nSPS) is 17.5. The second kappa shape index (κ2) is 9.30. The highest BCUT2D eigenvalue weighted by Gasteiger charge is 2.38. The number of sulfone groups is 1. The van der Waals surface area contributed by atoms with Gasteiger partial charge in [0.25, 0.3) is 0 Å². The second-order valence-corrected chi connectivity index (χ2v) is 10.3. The number of carbonyl (C=O) groups excluding carboxylic acids is 1. The van der Waals surface area contributed by atoms with Crippen molar-refractivity contribution in [1.82, 2.24) is 15.0 Å². The van der Waals surface area contributed by atoms with Crippen LogP contribution in [0.25, 0.3) is 11.3 Å². The summed E-state index contributed by atoms with van der Waals surface area (Å²) in [6.07, 6.45) is 10.7. The van der Waals surface area contributed by atoms with Crippen LogP contribution in [0, 0.1) is 6.92 Å². The fourth-order valence-corrected chi connectivity index (χ4v) is 4.54. The number of nitrogens with zero attached hydrogens (tertiary/aromatic N) is 3. The molecule has 4 rings (SSSR count). The maximum atomic E-state index is 12.6. The molecule has 1 aliphatic rings. The number of carbonyl (C=O) groups is 1. The summed E-state index contributed by atoms with van der Waals surface area (Å²) < 4.78 is 29.0. The molecule has 1 aromatic carbocycles. The van der Waals surface area contributed by atoms with Gasteiger partial charge in [-0.1, -0.05) is 24.3 Å². The topological polar surface area (TPSA) is 137 Å². The van der Waals surface area contributed by atoms with E-state index in [1.54, 1.807) is 37.8 Å². The molecule has 1 unspecified atom stereocenters. The number of benzene rings is 1. The van der Waals surface area contributed by atoms with Crippen LogP contribution in [-0.2, 0) is 20.0 Å². The first-order chi connectivity index (χ1) is 16.6. The van der Waals surface area contributed by atoms with Gasteiger partial charge in [0.15, 0.2) is 9.84 Å². The summed E-state index contributed by atoms with van der Waals surface area (Å²) in [5.74, 6) is 0.401. The maximum Gasteiger partial charge on any atom is 0.232 e. The molecule has 0 aliphatic heterocycles. The monoisotopic (exact) mass is 491 g/mol. The van der Waals surface area contributed by atoms with E-state index in [-0.39, 0.29) is 11.3 Å². The average molecular weight is 492 g/mol. The summed E-state index contributed by atoms with van der Waals surface area (Å²) in [7, 11) is -1.82. The zero-order valence-corrected chi connectivity index (χ0v) is 20.3. The highest BCUT2D eigenvalue weighted by molar-refractivity contribution is 7.94. The summed E-state index contributed by atoms with van der Waals surface area (Å²) in [4.78, 5) is 25.8. The zero-order valence-electron chi connectivity index (χ0n) is 19.5. The first-order valence-corrected chi connectivity index (χ1v) is 12.6. The number of hydrogen-bond donors (Lipinski definition) is 2. The van der Waals surface area contributed by atoms with Crippen molar-refractivity contribution in [3.8, 4) is 17.0 Å². The number of allylic oxidation sites excluding steroid dienone is 2. The van der Waals surface area contributed by atoms with E-state index in [9.17, 15) is 13.2 Å². The predicted octanol–water partition coefficient (Wildman–Crippen LogP) is 3.21. The van der Waals surface area contributed by atoms with Crippen LogP contribution in [-0.4, -0.2) is 42.6 Å². The number of nitrogens with two attached hydrogens (primary N) is 1. The quantitative estimate of drug-likeness (QED) is 0.514. The number of primary amides is 1. The second-order valence-electron chi connectivity index (χ2n) is 8.29. The molecule has 3 aromatic rings. The Balaban J connectivity index is 1.67. The van der Waals surface area contributed by atoms with Crippen molar-refractivity contribution in [2.45, 2.75) is 18.8 Å². The third-order valence-corrected chi connectivity index (χ3v) is 7.08. The minimum atomic E-state index is -3.39. The van der Waals surface area contributed by atoms with Crippen LogP contribution < -0.4 is 15.8 Å². The minimum Gasteiger partial charge on any atom is -0.495 e. The summed E-state index contributed by atoms with van der Waals surface area (Å²) in [6, 6.07) is 9.09. The van der Waals surface area contributed by atoms with Crippen LogP contribution in [0.3, 0.4) is 0 Å². The molecule has 9 nitrogen and oxygen atoms in total. The molecule has 0 spiro atoms. The lowest BCUT2D eigenvalue weighted by Gasteiger charge is -2.30. The highest BCUT2D eigenvalue weighted by Crippen LogP contribution is 2.37. The lowest BCUT2D eigenvalue weighted by Crippen LogP contribution is -2.40. The standard InChI is InChI=1S/C25H25N5O4S/c1-16-4-5-18(25(23(26)31)9-6-20(7-10-25)35(3,32)33)13-22(16)30-24-28-11-8-21(29-24)17-12-19(34-2)15-27-14-17/h4-9,11-15H,10H2,1-3H3,(H2,26,31)(H,28,29,30). The molecular formula is C25H25N5O4S. The average Bonchev–Trinajstić information content (AvgIpc) is 2.85. The molecule has 2 heterocycles. The van der Waals surface area contributed by atoms with E-state index in [0.717, 1.165) is 17.4 Å². The smallest absolute Gasteiger partial charge is 0.232 e. The molecule has 0 saturated carbocycles. The number of nitrogens with one attached hydrogen (secondary N) is 1. The van der Waals surface area contributed by atoms with Gasteiger partial charge in [0, 0.05) is 29.9 Å². The van der Waals surface area contributed by atoms with E-state index in [0.29, 0.717) is 28.6 Å². The molecule has 2 aromatic heterocycles. The van der Waals surface area contributed by atoms with Crippen molar-refractivity contribution in [2.24, 2.45) is 5.73 Å². The van der Waals surface area contributed by atoms with E-state index in [2.05, 4.69) is 20.3 Å². The number of aromatic nitrogens is 3. The van der Waals surface area contributed by atoms with Crippen LogP contribution in [0.15, 0.2) is 72.1 Å². The number of anilines is 2.